The molecule has 1 spiro atoms. The summed E-state index contributed by atoms with van der Waals surface area (Å²) in [7, 11) is 0. The van der Waals surface area contributed by atoms with E-state index in [9.17, 15) is 4.79 Å². The van der Waals surface area contributed by atoms with Gasteiger partial charge in [0.05, 0.1) is 43.8 Å². The van der Waals surface area contributed by atoms with E-state index in [1.54, 1.807) is 0 Å². The normalized spacial score (nSPS) is 26.7. The van der Waals surface area contributed by atoms with Gasteiger partial charge in [-0.25, -0.2) is 0 Å². The van der Waals surface area contributed by atoms with Crippen LogP contribution in [0.25, 0.3) is 0 Å². The number of para-hydroxylation sites is 2. The van der Waals surface area contributed by atoms with Crippen molar-refractivity contribution in [1.82, 2.24) is 5.32 Å². The molecule has 1 aromatic carbocycles. The first-order chi connectivity index (χ1) is 11.3. The highest BCUT2D eigenvalue weighted by Gasteiger charge is 2.46. The van der Waals surface area contributed by atoms with Crippen LogP contribution in [0.1, 0.15) is 12.8 Å². The van der Waals surface area contributed by atoms with Gasteiger partial charge in [-0.3, -0.25) is 4.79 Å². The summed E-state index contributed by atoms with van der Waals surface area (Å²) in [6.07, 6.45) is 1.55. The van der Waals surface area contributed by atoms with Gasteiger partial charge in [0, 0.05) is 0 Å². The number of fused-ring (bicyclic) bond motifs is 1. The van der Waals surface area contributed by atoms with E-state index in [4.69, 9.17) is 9.47 Å². The van der Waals surface area contributed by atoms with Crippen LogP contribution in [0.5, 0.6) is 0 Å². The minimum Gasteiger partial charge on any atom is -0.376 e. The maximum atomic E-state index is 13.3. The van der Waals surface area contributed by atoms with Crippen molar-refractivity contribution in [2.24, 2.45) is 0 Å². The van der Waals surface area contributed by atoms with E-state index in [0.29, 0.717) is 26.4 Å². The van der Waals surface area contributed by atoms with Gasteiger partial charge in [-0.2, -0.15) is 0 Å². The number of hydrogen-bond donors (Lipinski definition) is 2. The maximum Gasteiger partial charge on any atom is 0.252 e. The summed E-state index contributed by atoms with van der Waals surface area (Å²) in [6.45, 7) is 4.05. The van der Waals surface area contributed by atoms with Gasteiger partial charge in [-0.1, -0.05) is 12.1 Å². The number of carbonyl (C=O) groups excluding carboxylic acids is 1. The highest BCUT2D eigenvalue weighted by molar-refractivity contribution is 6.08. The zero-order valence-corrected chi connectivity index (χ0v) is 13.2. The quantitative estimate of drug-likeness (QED) is 0.851. The summed E-state index contributed by atoms with van der Waals surface area (Å²) >= 11 is 0. The van der Waals surface area contributed by atoms with Gasteiger partial charge < -0.3 is 25.0 Å². The number of rotatable bonds is 2. The van der Waals surface area contributed by atoms with E-state index in [1.807, 2.05) is 23.1 Å². The summed E-state index contributed by atoms with van der Waals surface area (Å²) in [5, 5.41) is 6.87. The first-order valence-corrected chi connectivity index (χ1v) is 8.38. The third kappa shape index (κ3) is 2.71. The fourth-order valence-corrected chi connectivity index (χ4v) is 3.71. The third-order valence-electron chi connectivity index (χ3n) is 4.95. The minimum absolute atomic E-state index is 0.0578. The minimum atomic E-state index is -0.491. The second-order valence-electron chi connectivity index (χ2n) is 6.46. The lowest BCUT2D eigenvalue weighted by atomic mass is 9.84. The molecular formula is C17H23N3O3. The van der Waals surface area contributed by atoms with Crippen LogP contribution < -0.4 is 15.5 Å². The third-order valence-corrected chi connectivity index (χ3v) is 4.95. The average molecular weight is 317 g/mol. The molecule has 2 N–H and O–H groups in total. The Labute approximate surface area is 136 Å². The van der Waals surface area contributed by atoms with E-state index in [-0.39, 0.29) is 12.0 Å². The molecule has 1 amide bonds. The van der Waals surface area contributed by atoms with E-state index < -0.39 is 5.54 Å². The Balaban J connectivity index is 1.65. The predicted molar refractivity (Wildman–Crippen MR) is 87.8 cm³/mol. The lowest BCUT2D eigenvalue weighted by Crippen LogP contribution is -2.62. The summed E-state index contributed by atoms with van der Waals surface area (Å²) in [6, 6.07) is 8.03. The Kier molecular flexibility index (Phi) is 3.97. The van der Waals surface area contributed by atoms with Gasteiger partial charge in [0.1, 0.15) is 5.54 Å². The van der Waals surface area contributed by atoms with Crippen LogP contribution in [0, 0.1) is 0 Å². The van der Waals surface area contributed by atoms with Crippen molar-refractivity contribution in [3.63, 3.8) is 0 Å². The highest BCUT2D eigenvalue weighted by Crippen LogP contribution is 2.39. The standard InChI is InChI=1S/C17H23N3O3/c21-16-17(5-7-18-8-6-17)19-14-3-1-2-4-15(14)20(16)11-13-12-22-9-10-23-13/h1-4,13,18-19H,5-12H2. The van der Waals surface area contributed by atoms with Crippen LogP contribution in [-0.4, -0.2) is 57.0 Å². The molecule has 0 radical (unpaired) electrons. The highest BCUT2D eigenvalue weighted by atomic mass is 16.6. The number of hydrogen-bond acceptors (Lipinski definition) is 5. The van der Waals surface area contributed by atoms with Crippen molar-refractivity contribution in [2.75, 3.05) is 49.7 Å². The molecule has 23 heavy (non-hydrogen) atoms. The Hall–Kier alpha value is -1.63. The molecule has 6 heteroatoms. The molecule has 0 aliphatic carbocycles. The Morgan fingerprint density at radius 3 is 2.83 bits per heavy atom. The van der Waals surface area contributed by atoms with Crippen LogP contribution in [0.2, 0.25) is 0 Å². The second-order valence-corrected chi connectivity index (χ2v) is 6.46. The first kappa shape index (κ1) is 14.9. The Morgan fingerprint density at radius 2 is 2.04 bits per heavy atom. The van der Waals surface area contributed by atoms with Gasteiger partial charge in [-0.15, -0.1) is 0 Å². The SMILES string of the molecule is O=C1N(CC2COCCO2)c2ccccc2NC12CCNCC2. The van der Waals surface area contributed by atoms with Crippen molar-refractivity contribution in [3.8, 4) is 0 Å². The van der Waals surface area contributed by atoms with Crippen LogP contribution >= 0.6 is 0 Å². The van der Waals surface area contributed by atoms with Gasteiger partial charge in [0.25, 0.3) is 5.91 Å². The zero-order valence-electron chi connectivity index (χ0n) is 13.2. The van der Waals surface area contributed by atoms with Crippen molar-refractivity contribution >= 4 is 17.3 Å². The molecule has 2 fully saturated rings. The largest absolute Gasteiger partial charge is 0.376 e. The predicted octanol–water partition coefficient (Wildman–Crippen LogP) is 0.983. The Morgan fingerprint density at radius 1 is 1.22 bits per heavy atom. The summed E-state index contributed by atoms with van der Waals surface area (Å²) in [4.78, 5) is 15.2. The lowest BCUT2D eigenvalue weighted by Gasteiger charge is -2.46. The van der Waals surface area contributed by atoms with Crippen LogP contribution in [0.15, 0.2) is 24.3 Å². The van der Waals surface area contributed by atoms with E-state index in [2.05, 4.69) is 16.7 Å². The summed E-state index contributed by atoms with van der Waals surface area (Å²) in [5.41, 5.74) is 1.48. The maximum absolute atomic E-state index is 13.3. The molecule has 1 atom stereocenters. The molecule has 0 bridgehead atoms. The molecular weight excluding hydrogens is 294 g/mol. The molecule has 3 aliphatic heterocycles. The van der Waals surface area contributed by atoms with Crippen molar-refractivity contribution in [1.29, 1.82) is 0 Å². The number of nitrogens with zero attached hydrogens (tertiary/aromatic N) is 1. The zero-order chi connectivity index (χ0) is 15.7. The van der Waals surface area contributed by atoms with Crippen molar-refractivity contribution in [2.45, 2.75) is 24.5 Å². The Bertz CT molecular complexity index is 580. The molecule has 0 saturated carbocycles. The van der Waals surface area contributed by atoms with Gasteiger partial charge in [-0.05, 0) is 38.1 Å². The second kappa shape index (κ2) is 6.11. The number of ether oxygens (including phenoxy) is 2. The van der Waals surface area contributed by atoms with Crippen LogP contribution in [0.4, 0.5) is 11.4 Å². The fraction of sp³-hybridized carbons (Fsp3) is 0.588. The van der Waals surface area contributed by atoms with E-state index >= 15 is 0 Å². The number of piperidine rings is 1. The number of anilines is 2. The van der Waals surface area contributed by atoms with Gasteiger partial charge in [0.15, 0.2) is 0 Å². The fourth-order valence-electron chi connectivity index (χ4n) is 3.71. The van der Waals surface area contributed by atoms with Crippen molar-refractivity contribution < 1.29 is 14.3 Å². The van der Waals surface area contributed by atoms with Crippen molar-refractivity contribution in [3.05, 3.63) is 24.3 Å². The van der Waals surface area contributed by atoms with E-state index in [1.165, 1.54) is 0 Å². The number of amides is 1. The summed E-state index contributed by atoms with van der Waals surface area (Å²) < 4.78 is 11.3. The van der Waals surface area contributed by atoms with E-state index in [0.717, 1.165) is 37.3 Å². The average Bonchev–Trinajstić information content (AvgIpc) is 2.61. The lowest BCUT2D eigenvalue weighted by molar-refractivity contribution is -0.126. The summed E-state index contributed by atoms with van der Waals surface area (Å²) in [5.74, 6) is 0.159. The first-order valence-electron chi connectivity index (χ1n) is 8.38. The monoisotopic (exact) mass is 317 g/mol. The molecule has 124 valence electrons. The van der Waals surface area contributed by atoms with Crippen LogP contribution in [0.3, 0.4) is 0 Å². The molecule has 1 unspecified atom stereocenters. The topological polar surface area (TPSA) is 62.8 Å². The molecule has 6 nitrogen and oxygen atoms in total. The van der Waals surface area contributed by atoms with Gasteiger partial charge >= 0.3 is 0 Å². The smallest absolute Gasteiger partial charge is 0.252 e. The molecule has 0 aromatic heterocycles. The molecule has 3 heterocycles. The molecule has 1 aromatic rings. The number of benzene rings is 1. The van der Waals surface area contributed by atoms with Crippen LogP contribution in [-0.2, 0) is 14.3 Å². The molecule has 3 aliphatic rings. The number of nitrogens with one attached hydrogen (secondary N) is 2. The van der Waals surface area contributed by atoms with Gasteiger partial charge in [0.2, 0.25) is 0 Å². The molecule has 2 saturated heterocycles. The molecule has 4 rings (SSSR count). The number of carbonyl (C=O) groups is 1.